The van der Waals surface area contributed by atoms with E-state index < -0.39 is 0 Å². The molecule has 0 aliphatic heterocycles. The van der Waals surface area contributed by atoms with Crippen LogP contribution in [0.4, 0.5) is 0 Å². The Kier molecular flexibility index (Phi) is 3.26. The van der Waals surface area contributed by atoms with Crippen LogP contribution in [0.3, 0.4) is 0 Å². The van der Waals surface area contributed by atoms with Crippen molar-refractivity contribution < 1.29 is 9.59 Å². The standard InChI is InChI=1S/C20H21NO2/c1-12(14-6-4-3-5-7-14)21(13(2)22)17-11-18(23)20-16-9-8-15(10-16)19(17)20/h3-9,11-12,15-16,19-20H,10H2,1-2H3/t12-,15-,16+,19?,20?/m1/s1. The third kappa shape index (κ3) is 2.10. The van der Waals surface area contributed by atoms with Gasteiger partial charge in [-0.3, -0.25) is 9.59 Å². The number of allylic oxidation sites excluding steroid dienone is 4. The van der Waals surface area contributed by atoms with E-state index in [-0.39, 0.29) is 29.6 Å². The lowest BCUT2D eigenvalue weighted by Crippen LogP contribution is -2.35. The summed E-state index contributed by atoms with van der Waals surface area (Å²) in [6, 6.07) is 9.97. The Morgan fingerprint density at radius 3 is 2.43 bits per heavy atom. The zero-order chi connectivity index (χ0) is 16.1. The summed E-state index contributed by atoms with van der Waals surface area (Å²) in [4.78, 5) is 26.7. The van der Waals surface area contributed by atoms with Crippen molar-refractivity contribution in [3.05, 3.63) is 59.8 Å². The fourth-order valence-electron chi connectivity index (χ4n) is 4.74. The lowest BCUT2D eigenvalue weighted by atomic mass is 9.83. The van der Waals surface area contributed by atoms with Gasteiger partial charge in [-0.05, 0) is 30.7 Å². The van der Waals surface area contributed by atoms with E-state index in [1.54, 1.807) is 13.0 Å². The van der Waals surface area contributed by atoms with Gasteiger partial charge in [-0.2, -0.15) is 0 Å². The van der Waals surface area contributed by atoms with Gasteiger partial charge >= 0.3 is 0 Å². The zero-order valence-corrected chi connectivity index (χ0v) is 13.5. The number of amides is 1. The van der Waals surface area contributed by atoms with Gasteiger partial charge in [0.25, 0.3) is 0 Å². The maximum Gasteiger partial charge on any atom is 0.224 e. The summed E-state index contributed by atoms with van der Waals surface area (Å²) >= 11 is 0. The van der Waals surface area contributed by atoms with Crippen molar-refractivity contribution in [1.29, 1.82) is 0 Å². The minimum atomic E-state index is -0.0605. The first-order valence-electron chi connectivity index (χ1n) is 8.36. The third-order valence-electron chi connectivity index (χ3n) is 5.71. The molecule has 1 saturated carbocycles. The zero-order valence-electron chi connectivity index (χ0n) is 13.5. The minimum Gasteiger partial charge on any atom is -0.309 e. The first kappa shape index (κ1) is 14.4. The van der Waals surface area contributed by atoms with Crippen molar-refractivity contribution in [2.45, 2.75) is 26.3 Å². The van der Waals surface area contributed by atoms with Crippen LogP contribution in [0.2, 0.25) is 0 Å². The normalized spacial score (nSPS) is 31.9. The fraction of sp³-hybridized carbons (Fsp3) is 0.400. The lowest BCUT2D eigenvalue weighted by Gasteiger charge is -2.34. The Balaban J connectivity index is 1.71. The van der Waals surface area contributed by atoms with Gasteiger partial charge in [0.05, 0.1) is 6.04 Å². The van der Waals surface area contributed by atoms with Gasteiger partial charge in [-0.1, -0.05) is 42.5 Å². The van der Waals surface area contributed by atoms with Crippen molar-refractivity contribution in [3.63, 3.8) is 0 Å². The van der Waals surface area contributed by atoms with Crippen LogP contribution in [-0.4, -0.2) is 16.6 Å². The first-order chi connectivity index (χ1) is 11.1. The molecule has 4 rings (SSSR count). The van der Waals surface area contributed by atoms with E-state index in [9.17, 15) is 9.59 Å². The van der Waals surface area contributed by atoms with E-state index in [4.69, 9.17) is 0 Å². The molecule has 1 fully saturated rings. The SMILES string of the molecule is CC(=O)N(C1=CC(=O)C2C1[C@@H]1C=C[C@H]2C1)[C@H](C)c1ccccc1. The molecule has 1 amide bonds. The quantitative estimate of drug-likeness (QED) is 0.802. The number of hydrogen-bond acceptors (Lipinski definition) is 2. The number of rotatable bonds is 3. The van der Waals surface area contributed by atoms with Crippen LogP contribution < -0.4 is 0 Å². The molecular weight excluding hydrogens is 286 g/mol. The topological polar surface area (TPSA) is 37.4 Å². The summed E-state index contributed by atoms with van der Waals surface area (Å²) in [6.45, 7) is 3.64. The van der Waals surface area contributed by atoms with E-state index in [2.05, 4.69) is 12.2 Å². The molecule has 2 unspecified atom stereocenters. The van der Waals surface area contributed by atoms with E-state index in [1.165, 1.54) is 0 Å². The molecular formula is C20H21NO2. The molecule has 0 heterocycles. The van der Waals surface area contributed by atoms with Crippen molar-refractivity contribution in [2.75, 3.05) is 0 Å². The van der Waals surface area contributed by atoms with Gasteiger partial charge in [0, 0.05) is 30.5 Å². The van der Waals surface area contributed by atoms with Crippen LogP contribution in [0.15, 0.2) is 54.3 Å². The summed E-state index contributed by atoms with van der Waals surface area (Å²) in [6.07, 6.45) is 7.23. The number of carbonyl (C=O) groups is 2. The second-order valence-corrected chi connectivity index (χ2v) is 6.95. The van der Waals surface area contributed by atoms with E-state index in [0.717, 1.165) is 17.7 Å². The molecule has 0 saturated heterocycles. The van der Waals surface area contributed by atoms with Gasteiger partial charge < -0.3 is 4.90 Å². The second-order valence-electron chi connectivity index (χ2n) is 6.95. The van der Waals surface area contributed by atoms with Gasteiger partial charge in [0.1, 0.15) is 0 Å². The molecule has 3 heteroatoms. The molecule has 3 aliphatic rings. The Hall–Kier alpha value is -2.16. The summed E-state index contributed by atoms with van der Waals surface area (Å²) in [7, 11) is 0. The van der Waals surface area contributed by atoms with Crippen molar-refractivity contribution >= 4 is 11.7 Å². The Bertz CT molecular complexity index is 718. The molecule has 3 nitrogen and oxygen atoms in total. The van der Waals surface area contributed by atoms with Crippen molar-refractivity contribution in [3.8, 4) is 0 Å². The molecule has 0 aromatic heterocycles. The van der Waals surface area contributed by atoms with Gasteiger partial charge in [0.15, 0.2) is 5.78 Å². The van der Waals surface area contributed by atoms with Gasteiger partial charge in [0.2, 0.25) is 5.91 Å². The van der Waals surface area contributed by atoms with Crippen LogP contribution in [-0.2, 0) is 9.59 Å². The molecule has 5 atom stereocenters. The van der Waals surface area contributed by atoms with Crippen LogP contribution in [0, 0.1) is 23.7 Å². The number of nitrogens with zero attached hydrogens (tertiary/aromatic N) is 1. The highest BCUT2D eigenvalue weighted by Crippen LogP contribution is 2.55. The summed E-state index contributed by atoms with van der Waals surface area (Å²) in [5.41, 5.74) is 2.03. The highest BCUT2D eigenvalue weighted by Gasteiger charge is 2.54. The Morgan fingerprint density at radius 1 is 1.13 bits per heavy atom. The van der Waals surface area contributed by atoms with Gasteiger partial charge in [-0.25, -0.2) is 0 Å². The molecule has 118 valence electrons. The van der Waals surface area contributed by atoms with E-state index in [1.807, 2.05) is 42.2 Å². The lowest BCUT2D eigenvalue weighted by molar-refractivity contribution is -0.129. The summed E-state index contributed by atoms with van der Waals surface area (Å²) in [5, 5.41) is 0. The van der Waals surface area contributed by atoms with Crippen LogP contribution >= 0.6 is 0 Å². The average molecular weight is 307 g/mol. The monoisotopic (exact) mass is 307 g/mol. The van der Waals surface area contributed by atoms with E-state index in [0.29, 0.717) is 11.8 Å². The van der Waals surface area contributed by atoms with Crippen molar-refractivity contribution in [1.82, 2.24) is 4.90 Å². The smallest absolute Gasteiger partial charge is 0.224 e. The summed E-state index contributed by atoms with van der Waals surface area (Å²) < 4.78 is 0. The molecule has 0 radical (unpaired) electrons. The predicted molar refractivity (Wildman–Crippen MR) is 88.2 cm³/mol. The molecule has 23 heavy (non-hydrogen) atoms. The molecule has 2 bridgehead atoms. The number of fused-ring (bicyclic) bond motifs is 5. The van der Waals surface area contributed by atoms with E-state index >= 15 is 0 Å². The number of ketones is 1. The molecule has 0 N–H and O–H groups in total. The number of carbonyl (C=O) groups excluding carboxylic acids is 2. The predicted octanol–water partition coefficient (Wildman–Crippen LogP) is 3.50. The molecule has 1 aromatic carbocycles. The molecule has 1 aromatic rings. The highest BCUT2D eigenvalue weighted by atomic mass is 16.2. The Labute approximate surface area is 136 Å². The minimum absolute atomic E-state index is 0.00723. The maximum absolute atomic E-state index is 12.5. The highest BCUT2D eigenvalue weighted by molar-refractivity contribution is 5.97. The van der Waals surface area contributed by atoms with Crippen LogP contribution in [0.1, 0.15) is 31.9 Å². The fourth-order valence-corrected chi connectivity index (χ4v) is 4.74. The third-order valence-corrected chi connectivity index (χ3v) is 5.71. The van der Waals surface area contributed by atoms with Crippen LogP contribution in [0.5, 0.6) is 0 Å². The molecule has 3 aliphatic carbocycles. The number of hydrogen-bond donors (Lipinski definition) is 0. The largest absolute Gasteiger partial charge is 0.309 e. The van der Waals surface area contributed by atoms with Crippen molar-refractivity contribution in [2.24, 2.45) is 23.7 Å². The first-order valence-corrected chi connectivity index (χ1v) is 8.36. The van der Waals surface area contributed by atoms with Gasteiger partial charge in [-0.15, -0.1) is 0 Å². The second kappa shape index (κ2) is 5.19. The maximum atomic E-state index is 12.5. The van der Waals surface area contributed by atoms with Crippen LogP contribution in [0.25, 0.3) is 0 Å². The Morgan fingerprint density at radius 2 is 1.78 bits per heavy atom. The number of benzene rings is 1. The average Bonchev–Trinajstić information content (AvgIpc) is 3.22. The molecule has 0 spiro atoms. The summed E-state index contributed by atoms with van der Waals surface area (Å²) in [5.74, 6) is 1.23.